The van der Waals surface area contributed by atoms with Crippen molar-refractivity contribution in [3.05, 3.63) is 76.3 Å². The molecule has 2 aromatic carbocycles. The standard InChI is InChI=1S/C23H21ClN2O4S/c1-3-7-15-10-14(11-17-21(27)25-23(31)26-22(17)28)12-19(29-4-2)20(15)30-13-16-8-5-6-9-18(16)24/h3,5-6,8-12H,1,4,7,13H2,2H3,(H2,25,26,27,28,31). The monoisotopic (exact) mass is 456 g/mol. The fourth-order valence-electron chi connectivity index (χ4n) is 3.04. The number of nitrogens with one attached hydrogen (secondary N) is 2. The van der Waals surface area contributed by atoms with Gasteiger partial charge in [-0.2, -0.15) is 0 Å². The normalized spacial score (nSPS) is 13.4. The summed E-state index contributed by atoms with van der Waals surface area (Å²) in [5.41, 5.74) is 2.20. The summed E-state index contributed by atoms with van der Waals surface area (Å²) in [5.74, 6) is -0.0671. The van der Waals surface area contributed by atoms with Crippen molar-refractivity contribution in [3.8, 4) is 11.5 Å². The molecule has 0 spiro atoms. The molecule has 1 heterocycles. The van der Waals surface area contributed by atoms with E-state index in [2.05, 4.69) is 17.2 Å². The van der Waals surface area contributed by atoms with Gasteiger partial charge in [0.25, 0.3) is 11.8 Å². The highest BCUT2D eigenvalue weighted by atomic mass is 35.5. The van der Waals surface area contributed by atoms with E-state index >= 15 is 0 Å². The number of benzene rings is 2. The zero-order valence-corrected chi connectivity index (χ0v) is 18.4. The summed E-state index contributed by atoms with van der Waals surface area (Å²) < 4.78 is 11.9. The molecular weight excluding hydrogens is 436 g/mol. The van der Waals surface area contributed by atoms with E-state index in [1.165, 1.54) is 6.08 Å². The first kappa shape index (κ1) is 22.5. The minimum Gasteiger partial charge on any atom is -0.490 e. The Labute approximate surface area is 190 Å². The van der Waals surface area contributed by atoms with Gasteiger partial charge in [0, 0.05) is 16.1 Å². The smallest absolute Gasteiger partial charge is 0.263 e. The van der Waals surface area contributed by atoms with Crippen LogP contribution in [0.2, 0.25) is 5.02 Å². The van der Waals surface area contributed by atoms with Crippen molar-refractivity contribution in [3.63, 3.8) is 0 Å². The van der Waals surface area contributed by atoms with Crippen molar-refractivity contribution in [2.45, 2.75) is 20.0 Å². The van der Waals surface area contributed by atoms with E-state index in [1.807, 2.05) is 31.2 Å². The van der Waals surface area contributed by atoms with Crippen LogP contribution in [-0.2, 0) is 22.6 Å². The second kappa shape index (κ2) is 10.2. The van der Waals surface area contributed by atoms with Crippen LogP contribution in [0.4, 0.5) is 0 Å². The number of allylic oxidation sites excluding steroid dienone is 1. The minimum absolute atomic E-state index is 0.0159. The first-order valence-electron chi connectivity index (χ1n) is 9.58. The number of ether oxygens (including phenoxy) is 2. The lowest BCUT2D eigenvalue weighted by molar-refractivity contribution is -0.123. The van der Waals surface area contributed by atoms with Crippen LogP contribution in [0.5, 0.6) is 11.5 Å². The van der Waals surface area contributed by atoms with E-state index < -0.39 is 11.8 Å². The Morgan fingerprint density at radius 2 is 1.81 bits per heavy atom. The van der Waals surface area contributed by atoms with Gasteiger partial charge in [0.1, 0.15) is 12.2 Å². The molecule has 0 aromatic heterocycles. The molecule has 6 nitrogen and oxygen atoms in total. The molecule has 0 atom stereocenters. The predicted octanol–water partition coefficient (Wildman–Crippen LogP) is 3.96. The van der Waals surface area contributed by atoms with Gasteiger partial charge in [0.05, 0.1) is 6.61 Å². The molecule has 160 valence electrons. The van der Waals surface area contributed by atoms with Gasteiger partial charge in [-0.1, -0.05) is 35.9 Å². The van der Waals surface area contributed by atoms with E-state index in [0.717, 1.165) is 11.1 Å². The summed E-state index contributed by atoms with van der Waals surface area (Å²) in [6.45, 7) is 6.33. The van der Waals surface area contributed by atoms with Crippen molar-refractivity contribution in [1.82, 2.24) is 10.6 Å². The molecule has 2 amide bonds. The highest BCUT2D eigenvalue weighted by molar-refractivity contribution is 7.80. The molecule has 0 bridgehead atoms. The molecule has 1 fully saturated rings. The van der Waals surface area contributed by atoms with Crippen molar-refractivity contribution < 1.29 is 19.1 Å². The predicted molar refractivity (Wildman–Crippen MR) is 124 cm³/mol. The zero-order valence-electron chi connectivity index (χ0n) is 16.9. The lowest BCUT2D eigenvalue weighted by atomic mass is 10.0. The largest absolute Gasteiger partial charge is 0.490 e. The lowest BCUT2D eigenvalue weighted by Gasteiger charge is -2.19. The van der Waals surface area contributed by atoms with E-state index in [4.69, 9.17) is 33.3 Å². The third kappa shape index (κ3) is 5.51. The van der Waals surface area contributed by atoms with Crippen LogP contribution in [0.1, 0.15) is 23.6 Å². The van der Waals surface area contributed by atoms with Crippen LogP contribution in [0.25, 0.3) is 6.08 Å². The second-order valence-corrected chi connectivity index (χ2v) is 7.42. The second-order valence-electron chi connectivity index (χ2n) is 6.61. The summed E-state index contributed by atoms with van der Waals surface area (Å²) in [5, 5.41) is 5.44. The summed E-state index contributed by atoms with van der Waals surface area (Å²) in [6.07, 6.45) is 3.72. The molecule has 1 aliphatic heterocycles. The number of amides is 2. The van der Waals surface area contributed by atoms with E-state index in [1.54, 1.807) is 18.2 Å². The van der Waals surface area contributed by atoms with Crippen LogP contribution >= 0.6 is 23.8 Å². The van der Waals surface area contributed by atoms with Gasteiger partial charge in [-0.3, -0.25) is 20.2 Å². The Hall–Kier alpha value is -3.16. The minimum atomic E-state index is -0.559. The topological polar surface area (TPSA) is 76.7 Å². The van der Waals surface area contributed by atoms with E-state index in [9.17, 15) is 9.59 Å². The highest BCUT2D eigenvalue weighted by Crippen LogP contribution is 2.35. The number of hydrogen-bond donors (Lipinski definition) is 2. The number of halogens is 1. The van der Waals surface area contributed by atoms with Crippen molar-refractivity contribution >= 4 is 46.8 Å². The van der Waals surface area contributed by atoms with E-state index in [0.29, 0.717) is 35.1 Å². The van der Waals surface area contributed by atoms with Gasteiger partial charge < -0.3 is 9.47 Å². The Bertz CT molecular complexity index is 1060. The molecule has 0 unspecified atom stereocenters. The Balaban J connectivity index is 1.99. The highest BCUT2D eigenvalue weighted by Gasteiger charge is 2.26. The van der Waals surface area contributed by atoms with Crippen molar-refractivity contribution in [2.75, 3.05) is 6.61 Å². The third-order valence-corrected chi connectivity index (χ3v) is 4.98. The molecule has 2 N–H and O–H groups in total. The van der Waals surface area contributed by atoms with Crippen LogP contribution in [-0.4, -0.2) is 23.5 Å². The first-order valence-corrected chi connectivity index (χ1v) is 10.4. The SMILES string of the molecule is C=CCc1cc(C=C2C(=O)NC(=S)NC2=O)cc(OCC)c1OCc1ccccc1Cl. The molecular formula is C23H21ClN2O4S. The fourth-order valence-corrected chi connectivity index (χ4v) is 3.41. The summed E-state index contributed by atoms with van der Waals surface area (Å²) >= 11 is 11.1. The van der Waals surface area contributed by atoms with Gasteiger partial charge >= 0.3 is 0 Å². The third-order valence-electron chi connectivity index (χ3n) is 4.40. The van der Waals surface area contributed by atoms with Gasteiger partial charge in [0.15, 0.2) is 16.6 Å². The molecule has 31 heavy (non-hydrogen) atoms. The molecule has 0 radical (unpaired) electrons. The Kier molecular flexibility index (Phi) is 7.44. The fraction of sp³-hybridized carbons (Fsp3) is 0.174. The van der Waals surface area contributed by atoms with Crippen LogP contribution in [0.3, 0.4) is 0 Å². The molecule has 2 aromatic rings. The van der Waals surface area contributed by atoms with Crippen molar-refractivity contribution in [2.24, 2.45) is 0 Å². The maximum absolute atomic E-state index is 12.2. The summed E-state index contributed by atoms with van der Waals surface area (Å²) in [6, 6.07) is 11.0. The van der Waals surface area contributed by atoms with Gasteiger partial charge in [0.2, 0.25) is 0 Å². The first-order chi connectivity index (χ1) is 14.9. The number of rotatable bonds is 8. The van der Waals surface area contributed by atoms with Crippen molar-refractivity contribution in [1.29, 1.82) is 0 Å². The maximum Gasteiger partial charge on any atom is 0.263 e. The zero-order chi connectivity index (χ0) is 22.4. The van der Waals surface area contributed by atoms with Gasteiger partial charge in [-0.15, -0.1) is 6.58 Å². The summed E-state index contributed by atoms with van der Waals surface area (Å²) in [7, 11) is 0. The van der Waals surface area contributed by atoms with Crippen LogP contribution in [0, 0.1) is 0 Å². The number of carbonyl (C=O) groups excluding carboxylic acids is 2. The number of hydrogen-bond acceptors (Lipinski definition) is 5. The van der Waals surface area contributed by atoms with Crippen LogP contribution in [0.15, 0.2) is 54.6 Å². The maximum atomic E-state index is 12.2. The Morgan fingerprint density at radius 3 is 2.45 bits per heavy atom. The molecule has 8 heteroatoms. The average molecular weight is 457 g/mol. The van der Waals surface area contributed by atoms with Crippen LogP contribution < -0.4 is 20.1 Å². The molecule has 3 rings (SSSR count). The molecule has 0 saturated carbocycles. The average Bonchev–Trinajstić information content (AvgIpc) is 2.71. The lowest BCUT2D eigenvalue weighted by Crippen LogP contribution is -2.51. The van der Waals surface area contributed by atoms with Gasteiger partial charge in [-0.05, 0) is 55.4 Å². The molecule has 0 aliphatic carbocycles. The quantitative estimate of drug-likeness (QED) is 0.272. The molecule has 1 saturated heterocycles. The number of carbonyl (C=O) groups is 2. The molecule has 1 aliphatic rings. The summed E-state index contributed by atoms with van der Waals surface area (Å²) in [4.78, 5) is 24.4. The number of thiocarbonyl (C=S) groups is 1. The van der Waals surface area contributed by atoms with Gasteiger partial charge in [-0.25, -0.2) is 0 Å². The van der Waals surface area contributed by atoms with E-state index in [-0.39, 0.29) is 17.3 Å². The Morgan fingerprint density at radius 1 is 1.10 bits per heavy atom.